The Labute approximate surface area is 133 Å². The Morgan fingerprint density at radius 3 is 2.09 bits per heavy atom. The molecule has 0 atom stereocenters. The predicted octanol–water partition coefficient (Wildman–Crippen LogP) is 3.14. The van der Waals surface area contributed by atoms with Crippen molar-refractivity contribution >= 4 is 5.91 Å². The molecule has 1 heterocycles. The van der Waals surface area contributed by atoms with Gasteiger partial charge < -0.3 is 10.6 Å². The monoisotopic (exact) mass is 300 g/mol. The normalized spacial score (nSPS) is 25.5. The molecule has 120 valence electrons. The van der Waals surface area contributed by atoms with Crippen molar-refractivity contribution in [1.82, 2.24) is 10.6 Å². The summed E-state index contributed by atoms with van der Waals surface area (Å²) < 4.78 is 0. The maximum atomic E-state index is 12.9. The summed E-state index contributed by atoms with van der Waals surface area (Å²) in [5.74, 6) is 0.220. The molecular formula is C19H28N2O. The van der Waals surface area contributed by atoms with Crippen LogP contribution < -0.4 is 10.6 Å². The van der Waals surface area contributed by atoms with Crippen LogP contribution in [0.3, 0.4) is 0 Å². The van der Waals surface area contributed by atoms with E-state index in [0.29, 0.717) is 0 Å². The third kappa shape index (κ3) is 3.05. The molecule has 0 spiro atoms. The maximum absolute atomic E-state index is 12.9. The van der Waals surface area contributed by atoms with Gasteiger partial charge in [0.1, 0.15) is 0 Å². The van der Waals surface area contributed by atoms with Crippen LogP contribution in [0, 0.1) is 0 Å². The molecule has 22 heavy (non-hydrogen) atoms. The standard InChI is InChI=1S/C19H28N2O/c1-17(2)12-15(13-18(3,4)21-17)20-16(22)19(10-11-19)14-8-6-5-7-9-14/h5-9,15,21H,10-13H2,1-4H3,(H,20,22). The molecule has 2 aliphatic rings. The molecule has 1 amide bonds. The van der Waals surface area contributed by atoms with Gasteiger partial charge in [-0.2, -0.15) is 0 Å². The number of hydrogen-bond acceptors (Lipinski definition) is 2. The Bertz CT molecular complexity index is 542. The number of nitrogens with one attached hydrogen (secondary N) is 2. The summed E-state index contributed by atoms with van der Waals surface area (Å²) in [5, 5.41) is 7.02. The molecule has 1 aliphatic carbocycles. The highest BCUT2D eigenvalue weighted by Crippen LogP contribution is 2.48. The molecule has 3 rings (SSSR count). The van der Waals surface area contributed by atoms with Crippen molar-refractivity contribution in [3.8, 4) is 0 Å². The number of amides is 1. The van der Waals surface area contributed by atoms with Gasteiger partial charge >= 0.3 is 0 Å². The molecular weight excluding hydrogens is 272 g/mol. The molecule has 0 unspecified atom stereocenters. The highest BCUT2D eigenvalue weighted by Gasteiger charge is 2.52. The van der Waals surface area contributed by atoms with Gasteiger partial charge in [0.05, 0.1) is 5.41 Å². The summed E-state index contributed by atoms with van der Waals surface area (Å²) in [4.78, 5) is 12.9. The second-order valence-electron chi connectivity index (χ2n) is 8.42. The molecule has 1 aliphatic heterocycles. The summed E-state index contributed by atoms with van der Waals surface area (Å²) in [7, 11) is 0. The average molecular weight is 300 g/mol. The van der Waals surface area contributed by atoms with Crippen molar-refractivity contribution in [2.75, 3.05) is 0 Å². The smallest absolute Gasteiger partial charge is 0.230 e. The summed E-state index contributed by atoms with van der Waals surface area (Å²) >= 11 is 0. The fraction of sp³-hybridized carbons (Fsp3) is 0.632. The number of carbonyl (C=O) groups is 1. The fourth-order valence-electron chi connectivity index (χ4n) is 4.28. The molecule has 1 saturated heterocycles. The minimum absolute atomic E-state index is 0.0587. The van der Waals surface area contributed by atoms with E-state index in [1.54, 1.807) is 0 Å². The van der Waals surface area contributed by atoms with E-state index in [9.17, 15) is 4.79 Å². The van der Waals surface area contributed by atoms with E-state index in [1.807, 2.05) is 18.2 Å². The van der Waals surface area contributed by atoms with Crippen molar-refractivity contribution < 1.29 is 4.79 Å². The SMILES string of the molecule is CC1(C)CC(NC(=O)C2(c3ccccc3)CC2)CC(C)(C)N1. The number of rotatable bonds is 3. The Hall–Kier alpha value is -1.35. The quantitative estimate of drug-likeness (QED) is 0.900. The first-order valence-corrected chi connectivity index (χ1v) is 8.38. The van der Waals surface area contributed by atoms with Gasteiger partial charge in [0.25, 0.3) is 0 Å². The fourth-order valence-corrected chi connectivity index (χ4v) is 4.28. The van der Waals surface area contributed by atoms with Crippen LogP contribution in [0.5, 0.6) is 0 Å². The van der Waals surface area contributed by atoms with Gasteiger partial charge in [0, 0.05) is 17.1 Å². The average Bonchev–Trinajstić information content (AvgIpc) is 3.17. The molecule has 1 aromatic carbocycles. The van der Waals surface area contributed by atoms with Gasteiger partial charge in [-0.3, -0.25) is 4.79 Å². The van der Waals surface area contributed by atoms with Crippen LogP contribution in [0.2, 0.25) is 0 Å². The Morgan fingerprint density at radius 1 is 1.05 bits per heavy atom. The van der Waals surface area contributed by atoms with Crippen molar-refractivity contribution in [3.63, 3.8) is 0 Å². The molecule has 3 heteroatoms. The first kappa shape index (κ1) is 15.5. The van der Waals surface area contributed by atoms with Crippen LogP contribution in [0.1, 0.15) is 58.9 Å². The van der Waals surface area contributed by atoms with Gasteiger partial charge in [-0.15, -0.1) is 0 Å². The number of carbonyl (C=O) groups excluding carboxylic acids is 1. The molecule has 3 nitrogen and oxygen atoms in total. The van der Waals surface area contributed by atoms with E-state index in [2.05, 4.69) is 50.5 Å². The van der Waals surface area contributed by atoms with Gasteiger partial charge in [-0.05, 0) is 58.9 Å². The van der Waals surface area contributed by atoms with E-state index in [-0.39, 0.29) is 28.4 Å². The molecule has 1 saturated carbocycles. The van der Waals surface area contributed by atoms with E-state index in [4.69, 9.17) is 0 Å². The van der Waals surface area contributed by atoms with Crippen LogP contribution in [0.4, 0.5) is 0 Å². The molecule has 1 aromatic rings. The van der Waals surface area contributed by atoms with E-state index >= 15 is 0 Å². The van der Waals surface area contributed by atoms with Gasteiger partial charge in [-0.1, -0.05) is 30.3 Å². The van der Waals surface area contributed by atoms with Crippen molar-refractivity contribution in [1.29, 1.82) is 0 Å². The predicted molar refractivity (Wildman–Crippen MR) is 89.8 cm³/mol. The van der Waals surface area contributed by atoms with Gasteiger partial charge in [-0.25, -0.2) is 0 Å². The summed E-state index contributed by atoms with van der Waals surface area (Å²) in [5.41, 5.74) is 1.02. The minimum Gasteiger partial charge on any atom is -0.352 e. The first-order chi connectivity index (χ1) is 10.2. The zero-order valence-corrected chi connectivity index (χ0v) is 14.2. The number of piperidine rings is 1. The largest absolute Gasteiger partial charge is 0.352 e. The zero-order chi connectivity index (χ0) is 16.0. The molecule has 2 fully saturated rings. The molecule has 0 radical (unpaired) electrons. The van der Waals surface area contributed by atoms with Crippen LogP contribution >= 0.6 is 0 Å². The number of benzene rings is 1. The van der Waals surface area contributed by atoms with Gasteiger partial charge in [0.15, 0.2) is 0 Å². The third-order valence-electron chi connectivity index (χ3n) is 5.04. The van der Waals surface area contributed by atoms with E-state index < -0.39 is 0 Å². The highest BCUT2D eigenvalue weighted by atomic mass is 16.2. The molecule has 2 N–H and O–H groups in total. The van der Waals surface area contributed by atoms with Crippen molar-refractivity contribution in [2.45, 2.75) is 75.9 Å². The lowest BCUT2D eigenvalue weighted by Crippen LogP contribution is -2.62. The third-order valence-corrected chi connectivity index (χ3v) is 5.04. The summed E-state index contributed by atoms with van der Waals surface area (Å²) in [6.07, 6.45) is 3.90. The van der Waals surface area contributed by atoms with Gasteiger partial charge in [0.2, 0.25) is 5.91 Å². The Balaban J connectivity index is 1.72. The van der Waals surface area contributed by atoms with E-state index in [1.165, 1.54) is 5.56 Å². The summed E-state index contributed by atoms with van der Waals surface area (Å²) in [6.45, 7) is 8.88. The second-order valence-corrected chi connectivity index (χ2v) is 8.42. The van der Waals surface area contributed by atoms with Crippen molar-refractivity contribution in [3.05, 3.63) is 35.9 Å². The minimum atomic E-state index is -0.263. The van der Waals surface area contributed by atoms with Crippen LogP contribution in [-0.4, -0.2) is 23.0 Å². The number of hydrogen-bond donors (Lipinski definition) is 2. The molecule has 0 aromatic heterocycles. The first-order valence-electron chi connectivity index (χ1n) is 8.38. The lowest BCUT2D eigenvalue weighted by molar-refractivity contribution is -0.124. The topological polar surface area (TPSA) is 41.1 Å². The summed E-state index contributed by atoms with van der Waals surface area (Å²) in [6, 6.07) is 10.5. The lowest BCUT2D eigenvalue weighted by atomic mass is 9.79. The Kier molecular flexibility index (Phi) is 3.59. The van der Waals surface area contributed by atoms with Crippen LogP contribution in [0.25, 0.3) is 0 Å². The molecule has 0 bridgehead atoms. The van der Waals surface area contributed by atoms with Crippen LogP contribution in [-0.2, 0) is 10.2 Å². The van der Waals surface area contributed by atoms with Crippen LogP contribution in [0.15, 0.2) is 30.3 Å². The maximum Gasteiger partial charge on any atom is 0.230 e. The Morgan fingerprint density at radius 2 is 1.59 bits per heavy atom. The zero-order valence-electron chi connectivity index (χ0n) is 14.2. The highest BCUT2D eigenvalue weighted by molar-refractivity contribution is 5.91. The lowest BCUT2D eigenvalue weighted by Gasteiger charge is -2.46. The second kappa shape index (κ2) is 5.09. The van der Waals surface area contributed by atoms with E-state index in [0.717, 1.165) is 25.7 Å². The van der Waals surface area contributed by atoms with Crippen molar-refractivity contribution in [2.24, 2.45) is 0 Å².